The van der Waals surface area contributed by atoms with Crippen LogP contribution in [-0.2, 0) is 19.6 Å². The Morgan fingerprint density at radius 2 is 1.93 bits per heavy atom. The van der Waals surface area contributed by atoms with Gasteiger partial charge in [0.25, 0.3) is 10.0 Å². The molecule has 5 heterocycles. The van der Waals surface area contributed by atoms with Crippen molar-refractivity contribution in [2.24, 2.45) is 5.92 Å². The van der Waals surface area contributed by atoms with Crippen molar-refractivity contribution in [3.05, 3.63) is 47.2 Å². The van der Waals surface area contributed by atoms with Crippen molar-refractivity contribution < 1.29 is 17.9 Å². The SMILES string of the molecule is O=C1CN(S(=O)(=O)c2cc3ccc(Cl)cc3s2)CCN1C(c1ccnc(NCCCN2CCOCC2)n1)C1CCNCC1. The molecule has 43 heavy (non-hydrogen) atoms. The van der Waals surface area contributed by atoms with E-state index in [2.05, 4.69) is 20.5 Å². The highest BCUT2D eigenvalue weighted by Crippen LogP contribution is 2.37. The van der Waals surface area contributed by atoms with Crippen molar-refractivity contribution in [1.82, 2.24) is 29.4 Å². The van der Waals surface area contributed by atoms with Crippen LogP contribution in [0.2, 0.25) is 5.02 Å². The molecule has 3 fully saturated rings. The summed E-state index contributed by atoms with van der Waals surface area (Å²) in [5, 5.41) is 8.15. The molecule has 3 aliphatic heterocycles. The van der Waals surface area contributed by atoms with Gasteiger partial charge in [0.05, 0.1) is 31.5 Å². The lowest BCUT2D eigenvalue weighted by Gasteiger charge is -2.42. The lowest BCUT2D eigenvalue weighted by molar-refractivity contribution is -0.138. The topological polar surface area (TPSA) is 120 Å². The number of morpholine rings is 1. The summed E-state index contributed by atoms with van der Waals surface area (Å²) in [6.45, 7) is 7.31. The number of nitrogens with zero attached hydrogens (tertiary/aromatic N) is 5. The van der Waals surface area contributed by atoms with E-state index in [1.54, 1.807) is 24.4 Å². The highest BCUT2D eigenvalue weighted by Gasteiger charge is 2.40. The van der Waals surface area contributed by atoms with Crippen LogP contribution in [0.5, 0.6) is 0 Å². The Morgan fingerprint density at radius 3 is 2.72 bits per heavy atom. The molecule has 0 radical (unpaired) electrons. The average molecular weight is 648 g/mol. The zero-order valence-corrected chi connectivity index (χ0v) is 26.5. The van der Waals surface area contributed by atoms with E-state index in [4.69, 9.17) is 21.3 Å². The molecule has 11 nitrogen and oxygen atoms in total. The monoisotopic (exact) mass is 647 g/mol. The summed E-state index contributed by atoms with van der Waals surface area (Å²) in [4.78, 5) is 27.3. The van der Waals surface area contributed by atoms with Crippen LogP contribution in [0.3, 0.4) is 0 Å². The fourth-order valence-corrected chi connectivity index (χ4v) is 9.37. The lowest BCUT2D eigenvalue weighted by atomic mass is 9.86. The smallest absolute Gasteiger partial charge is 0.253 e. The van der Waals surface area contributed by atoms with Gasteiger partial charge in [0.1, 0.15) is 4.21 Å². The number of carbonyl (C=O) groups is 1. The number of amides is 1. The summed E-state index contributed by atoms with van der Waals surface area (Å²) in [5.74, 6) is 0.558. The van der Waals surface area contributed by atoms with Crippen LogP contribution in [0.15, 0.2) is 40.7 Å². The standard InChI is InChI=1S/C29H38ClN7O4S2/c30-23-3-2-22-18-27(42-25(22)19-23)43(39,40)36-12-13-37(26(38)20-36)28(21-4-8-31-9-5-21)24-6-10-33-29(34-24)32-7-1-11-35-14-16-41-17-15-35/h2-3,6,10,18-19,21,28,31H,1,4-5,7-9,11-17,20H2,(H,32,33,34). The average Bonchev–Trinajstić information content (AvgIpc) is 3.46. The molecule has 3 aliphatic rings. The van der Waals surface area contributed by atoms with E-state index in [9.17, 15) is 13.2 Å². The van der Waals surface area contributed by atoms with Crippen molar-refractivity contribution in [1.29, 1.82) is 0 Å². The van der Waals surface area contributed by atoms with Crippen LogP contribution in [-0.4, -0.2) is 111 Å². The van der Waals surface area contributed by atoms with E-state index in [0.29, 0.717) is 17.5 Å². The van der Waals surface area contributed by atoms with Gasteiger partial charge < -0.3 is 20.3 Å². The second-order valence-electron chi connectivity index (χ2n) is 11.2. The van der Waals surface area contributed by atoms with Gasteiger partial charge in [0.2, 0.25) is 11.9 Å². The van der Waals surface area contributed by atoms with Crippen molar-refractivity contribution in [3.63, 3.8) is 0 Å². The molecule has 1 amide bonds. The van der Waals surface area contributed by atoms with Crippen molar-refractivity contribution in [2.75, 3.05) is 77.4 Å². The van der Waals surface area contributed by atoms with Crippen LogP contribution in [0.25, 0.3) is 10.1 Å². The second-order valence-corrected chi connectivity index (χ2v) is 14.9. The first kappa shape index (κ1) is 30.6. The van der Waals surface area contributed by atoms with E-state index in [1.165, 1.54) is 15.6 Å². The summed E-state index contributed by atoms with van der Waals surface area (Å²) in [6, 6.07) is 8.64. The number of hydrogen-bond donors (Lipinski definition) is 2. The van der Waals surface area contributed by atoms with E-state index >= 15 is 0 Å². The van der Waals surface area contributed by atoms with Crippen molar-refractivity contribution in [2.45, 2.75) is 29.5 Å². The number of hydrogen-bond acceptors (Lipinski definition) is 10. The molecule has 6 rings (SSSR count). The first-order chi connectivity index (χ1) is 20.9. The molecule has 0 aliphatic carbocycles. The molecule has 3 aromatic rings. The maximum absolute atomic E-state index is 13.7. The van der Waals surface area contributed by atoms with Crippen molar-refractivity contribution >= 4 is 54.9 Å². The number of fused-ring (bicyclic) bond motifs is 1. The van der Waals surface area contributed by atoms with Gasteiger partial charge in [-0.2, -0.15) is 4.31 Å². The maximum atomic E-state index is 13.7. The van der Waals surface area contributed by atoms with Crippen molar-refractivity contribution in [3.8, 4) is 0 Å². The van der Waals surface area contributed by atoms with Gasteiger partial charge in [-0.25, -0.2) is 18.4 Å². The third kappa shape index (κ3) is 7.14. The van der Waals surface area contributed by atoms with Crippen LogP contribution in [0.1, 0.15) is 31.0 Å². The molecule has 0 spiro atoms. The Kier molecular flexibility index (Phi) is 9.77. The summed E-state index contributed by atoms with van der Waals surface area (Å²) in [6.07, 6.45) is 4.53. The van der Waals surface area contributed by atoms with Crippen LogP contribution >= 0.6 is 22.9 Å². The van der Waals surface area contributed by atoms with E-state index in [-0.39, 0.29) is 35.2 Å². The zero-order chi connectivity index (χ0) is 29.8. The molecule has 2 aromatic heterocycles. The third-order valence-corrected chi connectivity index (χ3v) is 12.1. The van der Waals surface area contributed by atoms with E-state index in [1.807, 2.05) is 17.0 Å². The normalized spacial score (nSPS) is 20.5. The number of rotatable bonds is 10. The van der Waals surface area contributed by atoms with Gasteiger partial charge in [0.15, 0.2) is 0 Å². The first-order valence-electron chi connectivity index (χ1n) is 14.9. The fourth-order valence-electron chi connectivity index (χ4n) is 6.16. The van der Waals surface area contributed by atoms with Gasteiger partial charge >= 0.3 is 0 Å². The summed E-state index contributed by atoms with van der Waals surface area (Å²) in [7, 11) is -3.83. The van der Waals surface area contributed by atoms with Gasteiger partial charge in [-0.05, 0) is 74.5 Å². The van der Waals surface area contributed by atoms with Crippen LogP contribution in [0, 0.1) is 5.92 Å². The Hall–Kier alpha value is -2.39. The number of piperazine rings is 1. The van der Waals surface area contributed by atoms with Crippen LogP contribution in [0.4, 0.5) is 5.95 Å². The highest BCUT2D eigenvalue weighted by molar-refractivity contribution is 7.91. The molecule has 14 heteroatoms. The predicted molar refractivity (Wildman–Crippen MR) is 168 cm³/mol. The number of thiophene rings is 1. The molecular weight excluding hydrogens is 610 g/mol. The molecule has 1 aromatic carbocycles. The number of sulfonamides is 1. The zero-order valence-electron chi connectivity index (χ0n) is 24.1. The number of benzene rings is 1. The highest BCUT2D eigenvalue weighted by atomic mass is 35.5. The Balaban J connectivity index is 1.15. The second kappa shape index (κ2) is 13.7. The largest absolute Gasteiger partial charge is 0.379 e. The number of anilines is 1. The number of piperidine rings is 1. The van der Waals surface area contributed by atoms with Gasteiger partial charge in [-0.15, -0.1) is 11.3 Å². The minimum atomic E-state index is -3.83. The molecule has 2 N–H and O–H groups in total. The number of nitrogens with one attached hydrogen (secondary N) is 2. The lowest BCUT2D eigenvalue weighted by Crippen LogP contribution is -2.54. The minimum Gasteiger partial charge on any atom is -0.379 e. The Labute approximate surface area is 261 Å². The quantitative estimate of drug-likeness (QED) is 0.320. The number of halogens is 1. The number of ether oxygens (including phenoxy) is 1. The van der Waals surface area contributed by atoms with E-state index in [0.717, 1.165) is 87.5 Å². The number of carbonyl (C=O) groups excluding carboxylic acids is 1. The van der Waals surface area contributed by atoms with Crippen LogP contribution < -0.4 is 10.6 Å². The predicted octanol–water partition coefficient (Wildman–Crippen LogP) is 3.05. The summed E-state index contributed by atoms with van der Waals surface area (Å²) in [5.41, 5.74) is 0.795. The maximum Gasteiger partial charge on any atom is 0.253 e. The third-order valence-electron chi connectivity index (χ3n) is 8.46. The number of aromatic nitrogens is 2. The molecule has 1 atom stereocenters. The Bertz CT molecular complexity index is 1530. The molecule has 232 valence electrons. The minimum absolute atomic E-state index is 0.198. The molecule has 1 unspecified atom stereocenters. The summed E-state index contributed by atoms with van der Waals surface area (Å²) < 4.78 is 34.9. The first-order valence-corrected chi connectivity index (χ1v) is 17.6. The molecule has 0 saturated carbocycles. The molecular formula is C29H38ClN7O4S2. The fraction of sp³-hybridized carbons (Fsp3) is 0.552. The summed E-state index contributed by atoms with van der Waals surface area (Å²) >= 11 is 7.29. The Morgan fingerprint density at radius 1 is 1.12 bits per heavy atom. The van der Waals surface area contributed by atoms with Gasteiger partial charge in [-0.3, -0.25) is 9.69 Å². The van der Waals surface area contributed by atoms with Gasteiger partial charge in [-0.1, -0.05) is 17.7 Å². The van der Waals surface area contributed by atoms with E-state index < -0.39 is 10.0 Å². The van der Waals surface area contributed by atoms with Gasteiger partial charge in [0, 0.05) is 48.6 Å². The molecule has 3 saturated heterocycles. The molecule has 0 bridgehead atoms.